The Morgan fingerprint density at radius 1 is 1.14 bits per heavy atom. The van der Waals surface area contributed by atoms with Crippen molar-refractivity contribution in [3.8, 4) is 11.3 Å². The molecule has 10 heteroatoms. The van der Waals surface area contributed by atoms with Gasteiger partial charge in [-0.2, -0.15) is 0 Å². The summed E-state index contributed by atoms with van der Waals surface area (Å²) in [6, 6.07) is 12.6. The number of Topliss-reactive ketones (excluding diaryl/α,β-unsaturated/α-hetero) is 1. The highest BCUT2D eigenvalue weighted by Crippen LogP contribution is 2.49. The number of para-hydroxylation sites is 1. The third-order valence-corrected chi connectivity index (χ3v) is 6.51. The molecular weight excluding hydrogens is 468 g/mol. The lowest BCUT2D eigenvalue weighted by atomic mass is 9.85. The lowest BCUT2D eigenvalue weighted by Crippen LogP contribution is -2.35. The monoisotopic (exact) mass is 493 g/mol. The van der Waals surface area contributed by atoms with Crippen molar-refractivity contribution in [1.82, 2.24) is 14.9 Å². The number of pyridine rings is 1. The minimum atomic E-state index is -2.98. The molecule has 3 aromatic rings. The number of halogens is 2. The van der Waals surface area contributed by atoms with Gasteiger partial charge in [0.15, 0.2) is 5.78 Å². The number of alkyl halides is 2. The summed E-state index contributed by atoms with van der Waals surface area (Å²) in [5.74, 6) is -5.72. The Morgan fingerprint density at radius 3 is 2.53 bits per heavy atom. The van der Waals surface area contributed by atoms with Gasteiger partial charge < -0.3 is 20.5 Å². The molecule has 1 saturated carbocycles. The maximum atomic E-state index is 13.3. The number of aromatic nitrogens is 2. The fraction of sp³-hybridized carbons (Fsp3) is 0.308. The molecule has 2 amide bonds. The van der Waals surface area contributed by atoms with Gasteiger partial charge in [0.05, 0.1) is 22.9 Å². The number of ketones is 1. The Hall–Kier alpha value is -4.08. The number of rotatable bonds is 6. The Labute approximate surface area is 206 Å². The van der Waals surface area contributed by atoms with Crippen LogP contribution in [0.4, 0.5) is 26.0 Å². The van der Waals surface area contributed by atoms with Crippen molar-refractivity contribution in [3.63, 3.8) is 0 Å². The molecule has 2 aromatic heterocycles. The van der Waals surface area contributed by atoms with Crippen LogP contribution in [0.5, 0.6) is 0 Å². The van der Waals surface area contributed by atoms with Crippen LogP contribution in [0, 0.1) is 11.8 Å². The van der Waals surface area contributed by atoms with Crippen LogP contribution in [0.15, 0.2) is 48.7 Å². The molecule has 2 atom stereocenters. The first-order chi connectivity index (χ1) is 17.1. The second kappa shape index (κ2) is 8.85. The molecular formula is C26H25F2N5O3. The van der Waals surface area contributed by atoms with E-state index in [4.69, 9.17) is 0 Å². The summed E-state index contributed by atoms with van der Waals surface area (Å²) in [4.78, 5) is 46.9. The summed E-state index contributed by atoms with van der Waals surface area (Å²) in [6.07, 6.45) is 1.45. The number of nitrogens with one attached hydrogen (secondary N) is 3. The number of H-pyrrole nitrogens is 1. The summed E-state index contributed by atoms with van der Waals surface area (Å²) in [5.41, 5.74) is 3.60. The molecule has 0 spiro atoms. The number of amides is 2. The van der Waals surface area contributed by atoms with Gasteiger partial charge in [-0.3, -0.25) is 14.4 Å². The number of carbonyl (C=O) groups excluding carboxylic acids is 3. The van der Waals surface area contributed by atoms with Crippen LogP contribution in [-0.4, -0.2) is 52.5 Å². The highest BCUT2D eigenvalue weighted by atomic mass is 19.3. The third-order valence-electron chi connectivity index (χ3n) is 6.51. The molecule has 0 bridgehead atoms. The topological polar surface area (TPSA) is 107 Å². The number of hydrogen-bond acceptors (Lipinski definition) is 5. The van der Waals surface area contributed by atoms with E-state index in [1.165, 1.54) is 11.1 Å². The quantitative estimate of drug-likeness (QED) is 0.476. The predicted molar refractivity (Wildman–Crippen MR) is 130 cm³/mol. The van der Waals surface area contributed by atoms with E-state index in [9.17, 15) is 23.2 Å². The Kier molecular flexibility index (Phi) is 5.82. The van der Waals surface area contributed by atoms with E-state index in [1.54, 1.807) is 26.2 Å². The first-order valence-electron chi connectivity index (χ1n) is 11.6. The van der Waals surface area contributed by atoms with Crippen molar-refractivity contribution >= 4 is 34.8 Å². The first-order valence-corrected chi connectivity index (χ1v) is 11.6. The van der Waals surface area contributed by atoms with Gasteiger partial charge in [0, 0.05) is 56.5 Å². The molecule has 186 valence electrons. The Balaban J connectivity index is 1.53. The summed E-state index contributed by atoms with van der Waals surface area (Å²) >= 11 is 0. The minimum absolute atomic E-state index is 0.0953. The van der Waals surface area contributed by atoms with Crippen LogP contribution in [0.25, 0.3) is 11.3 Å². The van der Waals surface area contributed by atoms with E-state index in [-0.39, 0.29) is 23.9 Å². The third kappa shape index (κ3) is 4.46. The molecule has 5 rings (SSSR count). The first kappa shape index (κ1) is 23.7. The average molecular weight is 494 g/mol. The van der Waals surface area contributed by atoms with E-state index >= 15 is 0 Å². The maximum Gasteiger partial charge on any atom is 0.260 e. The van der Waals surface area contributed by atoms with Crippen molar-refractivity contribution < 1.29 is 23.2 Å². The van der Waals surface area contributed by atoms with Gasteiger partial charge in [0.2, 0.25) is 11.8 Å². The van der Waals surface area contributed by atoms with Gasteiger partial charge in [0.25, 0.3) is 5.92 Å². The Morgan fingerprint density at radius 2 is 1.86 bits per heavy atom. The zero-order chi connectivity index (χ0) is 25.6. The number of hydrogen-bond donors (Lipinski definition) is 3. The summed E-state index contributed by atoms with van der Waals surface area (Å²) in [6.45, 7) is 0. The smallest absolute Gasteiger partial charge is 0.260 e. The second-order valence-electron chi connectivity index (χ2n) is 9.42. The molecule has 2 aliphatic rings. The molecule has 2 aliphatic carbocycles. The van der Waals surface area contributed by atoms with E-state index in [1.807, 2.05) is 30.3 Å². The molecule has 0 radical (unpaired) electrons. The number of nitrogens with zero attached hydrogens (tertiary/aromatic N) is 2. The van der Waals surface area contributed by atoms with E-state index in [0.29, 0.717) is 34.6 Å². The molecule has 2 heterocycles. The number of anilines is 3. The number of fused-ring (bicyclic) bond motifs is 1. The van der Waals surface area contributed by atoms with Crippen molar-refractivity contribution in [2.24, 2.45) is 11.8 Å². The number of benzene rings is 1. The molecule has 1 fully saturated rings. The number of aromatic amines is 1. The molecule has 3 N–H and O–H groups in total. The summed E-state index contributed by atoms with van der Waals surface area (Å²) in [5, 5.41) is 5.78. The van der Waals surface area contributed by atoms with Gasteiger partial charge in [-0.15, -0.1) is 0 Å². The average Bonchev–Trinajstić information content (AvgIpc) is 3.34. The van der Waals surface area contributed by atoms with E-state index in [2.05, 4.69) is 20.6 Å². The van der Waals surface area contributed by atoms with Gasteiger partial charge in [-0.1, -0.05) is 18.2 Å². The fourth-order valence-electron chi connectivity index (χ4n) is 4.57. The lowest BCUT2D eigenvalue weighted by Gasteiger charge is -2.24. The summed E-state index contributed by atoms with van der Waals surface area (Å²) < 4.78 is 26.6. The minimum Gasteiger partial charge on any atom is -0.356 e. The van der Waals surface area contributed by atoms with Crippen LogP contribution in [-0.2, 0) is 16.0 Å². The van der Waals surface area contributed by atoms with Gasteiger partial charge in [0.1, 0.15) is 11.7 Å². The molecule has 0 saturated heterocycles. The Bertz CT molecular complexity index is 1350. The van der Waals surface area contributed by atoms with Crippen LogP contribution < -0.4 is 10.6 Å². The van der Waals surface area contributed by atoms with Crippen molar-refractivity contribution in [1.29, 1.82) is 0 Å². The zero-order valence-corrected chi connectivity index (χ0v) is 19.8. The highest BCUT2D eigenvalue weighted by Gasteiger charge is 2.61. The standard InChI is InChI=1S/C26H25F2N5O3/c1-33(2)25(36)15-10-18-21(19(34)11-15)23(30-16-6-4-3-5-7-16)22(31-18)14-8-9-29-20(12-14)32-24(35)17-13-26(17,27)28/h3-9,12,15,17,30-31H,10-11,13H2,1-2H3,(H,29,32,35). The van der Waals surface area contributed by atoms with Gasteiger partial charge in [-0.25, -0.2) is 13.8 Å². The van der Waals surface area contributed by atoms with Crippen LogP contribution >= 0.6 is 0 Å². The van der Waals surface area contributed by atoms with E-state index in [0.717, 1.165) is 5.69 Å². The van der Waals surface area contributed by atoms with Crippen LogP contribution in [0.2, 0.25) is 0 Å². The van der Waals surface area contributed by atoms with E-state index < -0.39 is 30.1 Å². The van der Waals surface area contributed by atoms with Crippen LogP contribution in [0.3, 0.4) is 0 Å². The van der Waals surface area contributed by atoms with Crippen molar-refractivity contribution in [2.45, 2.75) is 25.2 Å². The van der Waals surface area contributed by atoms with Gasteiger partial charge in [-0.05, 0) is 24.3 Å². The molecule has 0 aliphatic heterocycles. The van der Waals surface area contributed by atoms with Crippen molar-refractivity contribution in [3.05, 3.63) is 59.9 Å². The second-order valence-corrected chi connectivity index (χ2v) is 9.42. The summed E-state index contributed by atoms with van der Waals surface area (Å²) in [7, 11) is 3.32. The predicted octanol–water partition coefficient (Wildman–Crippen LogP) is 4.25. The molecule has 8 nitrogen and oxygen atoms in total. The SMILES string of the molecule is CN(C)C(=O)C1CC(=O)c2c([nH]c(-c3ccnc(NC(=O)C4CC4(F)F)c3)c2Nc2ccccc2)C1. The normalized spacial score (nSPS) is 19.8. The highest BCUT2D eigenvalue weighted by molar-refractivity contribution is 6.09. The molecule has 36 heavy (non-hydrogen) atoms. The maximum absolute atomic E-state index is 13.3. The van der Waals surface area contributed by atoms with Crippen LogP contribution in [0.1, 0.15) is 28.9 Å². The van der Waals surface area contributed by atoms with Crippen molar-refractivity contribution in [2.75, 3.05) is 24.7 Å². The lowest BCUT2D eigenvalue weighted by molar-refractivity contribution is -0.133. The number of carbonyl (C=O) groups is 3. The molecule has 1 aromatic carbocycles. The largest absolute Gasteiger partial charge is 0.356 e. The zero-order valence-electron chi connectivity index (χ0n) is 19.8. The molecule has 2 unspecified atom stereocenters. The van der Waals surface area contributed by atoms with Gasteiger partial charge >= 0.3 is 0 Å². The fourth-order valence-corrected chi connectivity index (χ4v) is 4.57.